The van der Waals surface area contributed by atoms with Crippen LogP contribution < -0.4 is 5.63 Å². The van der Waals surface area contributed by atoms with Gasteiger partial charge in [-0.15, -0.1) is 0 Å². The van der Waals surface area contributed by atoms with Gasteiger partial charge in [0.1, 0.15) is 12.4 Å². The summed E-state index contributed by atoms with van der Waals surface area (Å²) in [5.74, 6) is 0.536. The van der Waals surface area contributed by atoms with Crippen LogP contribution in [0.1, 0.15) is 5.76 Å². The summed E-state index contributed by atoms with van der Waals surface area (Å²) >= 11 is 0. The Morgan fingerprint density at radius 2 is 1.88 bits per heavy atom. The van der Waals surface area contributed by atoms with Gasteiger partial charge in [-0.1, -0.05) is 30.3 Å². The van der Waals surface area contributed by atoms with Crippen LogP contribution in [0.25, 0.3) is 11.1 Å². The van der Waals surface area contributed by atoms with Crippen LogP contribution in [0.3, 0.4) is 0 Å². The van der Waals surface area contributed by atoms with Crippen LogP contribution in [0.15, 0.2) is 51.7 Å². The van der Waals surface area contributed by atoms with Crippen LogP contribution in [-0.2, 0) is 11.3 Å². The van der Waals surface area contributed by atoms with E-state index in [1.807, 2.05) is 36.4 Å². The third-order valence-electron chi connectivity index (χ3n) is 2.22. The molecule has 0 unspecified atom stereocenters. The van der Waals surface area contributed by atoms with Crippen molar-refractivity contribution in [3.63, 3.8) is 0 Å². The molecule has 0 aliphatic heterocycles. The highest BCUT2D eigenvalue weighted by Crippen LogP contribution is 2.18. The number of ether oxygens (including phenoxy) is 1. The average molecular weight is 216 g/mol. The van der Waals surface area contributed by atoms with Gasteiger partial charge in [0.05, 0.1) is 0 Å². The predicted molar refractivity (Wildman–Crippen MR) is 61.1 cm³/mol. The van der Waals surface area contributed by atoms with Gasteiger partial charge in [0, 0.05) is 13.2 Å². The zero-order chi connectivity index (χ0) is 11.4. The Labute approximate surface area is 93.3 Å². The minimum Gasteiger partial charge on any atom is -0.425 e. The Bertz CT molecular complexity index is 514. The maximum absolute atomic E-state index is 11.3. The van der Waals surface area contributed by atoms with Crippen molar-refractivity contribution in [1.29, 1.82) is 0 Å². The van der Waals surface area contributed by atoms with Crippen molar-refractivity contribution in [3.8, 4) is 11.1 Å². The summed E-state index contributed by atoms with van der Waals surface area (Å²) in [6, 6.07) is 13.0. The predicted octanol–water partition coefficient (Wildman–Crippen LogP) is 2.45. The SMILES string of the molecule is COCc1cc(-c2ccccc2)cc(=O)o1. The second-order valence-corrected chi connectivity index (χ2v) is 3.43. The highest BCUT2D eigenvalue weighted by molar-refractivity contribution is 5.62. The van der Waals surface area contributed by atoms with Crippen LogP contribution in [0, 0.1) is 0 Å². The summed E-state index contributed by atoms with van der Waals surface area (Å²) < 4.78 is 9.94. The Kier molecular flexibility index (Phi) is 3.17. The van der Waals surface area contributed by atoms with E-state index in [1.54, 1.807) is 7.11 Å². The summed E-state index contributed by atoms with van der Waals surface area (Å²) in [5.41, 5.74) is 1.49. The van der Waals surface area contributed by atoms with Crippen LogP contribution in [0.2, 0.25) is 0 Å². The van der Waals surface area contributed by atoms with Crippen molar-refractivity contribution >= 4 is 0 Å². The van der Waals surface area contributed by atoms with E-state index in [2.05, 4.69) is 0 Å². The third kappa shape index (κ3) is 2.38. The molecule has 82 valence electrons. The minimum absolute atomic E-state index is 0.302. The van der Waals surface area contributed by atoms with Crippen molar-refractivity contribution in [3.05, 3.63) is 58.6 Å². The van der Waals surface area contributed by atoms with Gasteiger partial charge < -0.3 is 9.15 Å². The third-order valence-corrected chi connectivity index (χ3v) is 2.22. The maximum atomic E-state index is 11.3. The lowest BCUT2D eigenvalue weighted by molar-refractivity contribution is 0.160. The number of hydrogen-bond donors (Lipinski definition) is 0. The van der Waals surface area contributed by atoms with E-state index >= 15 is 0 Å². The van der Waals surface area contributed by atoms with Gasteiger partial charge in [-0.05, 0) is 17.2 Å². The molecule has 0 aliphatic rings. The second-order valence-electron chi connectivity index (χ2n) is 3.43. The molecule has 0 fully saturated rings. The van der Waals surface area contributed by atoms with E-state index in [0.29, 0.717) is 12.4 Å². The molecular weight excluding hydrogens is 204 g/mol. The Hall–Kier alpha value is -1.87. The molecule has 0 aliphatic carbocycles. The molecule has 0 atom stereocenters. The highest BCUT2D eigenvalue weighted by atomic mass is 16.5. The summed E-state index contributed by atoms with van der Waals surface area (Å²) in [5, 5.41) is 0. The van der Waals surface area contributed by atoms with Crippen LogP contribution in [-0.4, -0.2) is 7.11 Å². The number of hydrogen-bond acceptors (Lipinski definition) is 3. The first-order chi connectivity index (χ1) is 7.79. The smallest absolute Gasteiger partial charge is 0.336 e. The summed E-state index contributed by atoms with van der Waals surface area (Å²) in [6.07, 6.45) is 0. The van der Waals surface area contributed by atoms with Gasteiger partial charge in [0.15, 0.2) is 0 Å². The monoisotopic (exact) mass is 216 g/mol. The fourth-order valence-corrected chi connectivity index (χ4v) is 1.54. The average Bonchev–Trinajstić information content (AvgIpc) is 2.30. The standard InChI is InChI=1S/C13H12O3/c1-15-9-12-7-11(8-13(14)16-12)10-5-3-2-4-6-10/h2-8H,9H2,1H3. The van der Waals surface area contributed by atoms with E-state index in [9.17, 15) is 4.79 Å². The Morgan fingerprint density at radius 1 is 1.12 bits per heavy atom. The van der Waals surface area contributed by atoms with E-state index in [0.717, 1.165) is 11.1 Å². The maximum Gasteiger partial charge on any atom is 0.336 e. The summed E-state index contributed by atoms with van der Waals surface area (Å²) in [6.45, 7) is 0.302. The Balaban J connectivity index is 2.45. The molecule has 3 heteroatoms. The molecule has 0 spiro atoms. The molecule has 1 heterocycles. The molecule has 0 radical (unpaired) electrons. The van der Waals surface area contributed by atoms with Crippen LogP contribution in [0.5, 0.6) is 0 Å². The lowest BCUT2D eigenvalue weighted by Crippen LogP contribution is -2.01. The molecule has 0 amide bonds. The summed E-state index contributed by atoms with van der Waals surface area (Å²) in [4.78, 5) is 11.3. The molecular formula is C13H12O3. The molecule has 16 heavy (non-hydrogen) atoms. The first-order valence-electron chi connectivity index (χ1n) is 4.98. The van der Waals surface area contributed by atoms with Crippen LogP contribution >= 0.6 is 0 Å². The Morgan fingerprint density at radius 3 is 2.56 bits per heavy atom. The zero-order valence-electron chi connectivity index (χ0n) is 8.97. The number of rotatable bonds is 3. The van der Waals surface area contributed by atoms with Crippen molar-refractivity contribution in [1.82, 2.24) is 0 Å². The normalized spacial score (nSPS) is 10.3. The van der Waals surface area contributed by atoms with Gasteiger partial charge >= 0.3 is 5.63 Å². The molecule has 0 bridgehead atoms. The quantitative estimate of drug-likeness (QED) is 0.791. The van der Waals surface area contributed by atoms with E-state index in [1.165, 1.54) is 6.07 Å². The molecule has 0 N–H and O–H groups in total. The fourth-order valence-electron chi connectivity index (χ4n) is 1.54. The topological polar surface area (TPSA) is 39.4 Å². The fraction of sp³-hybridized carbons (Fsp3) is 0.154. The highest BCUT2D eigenvalue weighted by Gasteiger charge is 2.03. The van der Waals surface area contributed by atoms with E-state index in [4.69, 9.17) is 9.15 Å². The van der Waals surface area contributed by atoms with Gasteiger partial charge in [-0.3, -0.25) is 0 Å². The van der Waals surface area contributed by atoms with Gasteiger partial charge in [-0.25, -0.2) is 4.79 Å². The van der Waals surface area contributed by atoms with Crippen molar-refractivity contribution in [2.24, 2.45) is 0 Å². The van der Waals surface area contributed by atoms with E-state index in [-0.39, 0.29) is 5.63 Å². The van der Waals surface area contributed by atoms with Crippen molar-refractivity contribution in [2.75, 3.05) is 7.11 Å². The summed E-state index contributed by atoms with van der Waals surface area (Å²) in [7, 11) is 1.56. The molecule has 1 aromatic carbocycles. The zero-order valence-corrected chi connectivity index (χ0v) is 8.97. The van der Waals surface area contributed by atoms with Crippen molar-refractivity contribution in [2.45, 2.75) is 6.61 Å². The van der Waals surface area contributed by atoms with Gasteiger partial charge in [0.2, 0.25) is 0 Å². The second kappa shape index (κ2) is 4.77. The molecule has 0 saturated heterocycles. The van der Waals surface area contributed by atoms with Crippen LogP contribution in [0.4, 0.5) is 0 Å². The largest absolute Gasteiger partial charge is 0.425 e. The number of methoxy groups -OCH3 is 1. The first kappa shape index (κ1) is 10.6. The molecule has 0 saturated carbocycles. The lowest BCUT2D eigenvalue weighted by atomic mass is 10.1. The first-order valence-corrected chi connectivity index (χ1v) is 4.98. The van der Waals surface area contributed by atoms with Crippen molar-refractivity contribution < 1.29 is 9.15 Å². The van der Waals surface area contributed by atoms with E-state index < -0.39 is 0 Å². The molecule has 2 rings (SSSR count). The van der Waals surface area contributed by atoms with Gasteiger partial charge in [-0.2, -0.15) is 0 Å². The minimum atomic E-state index is -0.353. The molecule has 3 nitrogen and oxygen atoms in total. The van der Waals surface area contributed by atoms with Gasteiger partial charge in [0.25, 0.3) is 0 Å². The lowest BCUT2D eigenvalue weighted by Gasteiger charge is -2.03. The number of benzene rings is 1. The molecule has 2 aromatic rings. The molecule has 1 aromatic heterocycles.